The first kappa shape index (κ1) is 12.6. The highest BCUT2D eigenvalue weighted by Gasteiger charge is 2.14. The van der Waals surface area contributed by atoms with Crippen LogP contribution in [0.25, 0.3) is 11.4 Å². The van der Waals surface area contributed by atoms with E-state index < -0.39 is 6.10 Å². The third-order valence-corrected chi connectivity index (χ3v) is 3.05. The van der Waals surface area contributed by atoms with E-state index in [0.717, 1.165) is 11.1 Å². The summed E-state index contributed by atoms with van der Waals surface area (Å²) in [4.78, 5) is 4.31. The fraction of sp³-hybridized carbons (Fsp3) is 0.125. The predicted molar refractivity (Wildman–Crippen MR) is 74.8 cm³/mol. The smallest absolute Gasteiger partial charge is 0.229 e. The van der Waals surface area contributed by atoms with Gasteiger partial charge >= 0.3 is 0 Å². The van der Waals surface area contributed by atoms with Gasteiger partial charge in [0.2, 0.25) is 11.7 Å². The van der Waals surface area contributed by atoms with Crippen LogP contribution in [0.4, 0.5) is 0 Å². The minimum Gasteiger partial charge on any atom is -0.388 e. The van der Waals surface area contributed by atoms with Crippen molar-refractivity contribution in [3.8, 4) is 11.4 Å². The Balaban J connectivity index is 1.75. The maximum Gasteiger partial charge on any atom is 0.229 e. The number of rotatable bonds is 4. The van der Waals surface area contributed by atoms with Crippen LogP contribution in [0.5, 0.6) is 0 Å². The summed E-state index contributed by atoms with van der Waals surface area (Å²) in [5, 5.41) is 14.1. The molecule has 3 aromatic rings. The molecule has 0 aliphatic heterocycles. The van der Waals surface area contributed by atoms with E-state index in [1.54, 1.807) is 0 Å². The summed E-state index contributed by atoms with van der Waals surface area (Å²) in [6, 6.07) is 19.1. The molecule has 1 atom stereocenters. The molecule has 1 aromatic heterocycles. The van der Waals surface area contributed by atoms with Gasteiger partial charge in [-0.3, -0.25) is 0 Å². The fourth-order valence-corrected chi connectivity index (χ4v) is 2.00. The van der Waals surface area contributed by atoms with Crippen molar-refractivity contribution < 1.29 is 9.63 Å². The second-order valence-corrected chi connectivity index (χ2v) is 4.51. The number of aliphatic hydroxyl groups excluding tert-OH is 1. The van der Waals surface area contributed by atoms with Gasteiger partial charge in [0.1, 0.15) is 0 Å². The van der Waals surface area contributed by atoms with Crippen LogP contribution in [-0.2, 0) is 6.42 Å². The Labute approximate surface area is 116 Å². The number of hydrogen-bond donors (Lipinski definition) is 1. The Hall–Kier alpha value is -2.46. The summed E-state index contributed by atoms with van der Waals surface area (Å²) >= 11 is 0. The molecule has 0 saturated heterocycles. The van der Waals surface area contributed by atoms with Gasteiger partial charge in [-0.05, 0) is 5.56 Å². The molecule has 3 rings (SSSR count). The molecule has 1 unspecified atom stereocenters. The molecule has 1 N–H and O–H groups in total. The van der Waals surface area contributed by atoms with E-state index in [1.807, 2.05) is 60.7 Å². The van der Waals surface area contributed by atoms with Crippen molar-refractivity contribution in [2.75, 3.05) is 0 Å². The molecule has 0 amide bonds. The maximum atomic E-state index is 10.1. The summed E-state index contributed by atoms with van der Waals surface area (Å²) in [5.74, 6) is 0.973. The third kappa shape index (κ3) is 2.75. The van der Waals surface area contributed by atoms with Crippen molar-refractivity contribution in [3.63, 3.8) is 0 Å². The molecule has 0 bridgehead atoms. The van der Waals surface area contributed by atoms with E-state index in [9.17, 15) is 5.11 Å². The average molecular weight is 266 g/mol. The summed E-state index contributed by atoms with van der Waals surface area (Å²) in [6.07, 6.45) is -0.329. The summed E-state index contributed by atoms with van der Waals surface area (Å²) < 4.78 is 5.19. The predicted octanol–water partition coefficient (Wildman–Crippen LogP) is 3.01. The average Bonchev–Trinajstić information content (AvgIpc) is 2.97. The van der Waals surface area contributed by atoms with E-state index in [1.165, 1.54) is 0 Å². The normalized spacial score (nSPS) is 12.2. The van der Waals surface area contributed by atoms with Crippen LogP contribution in [0, 0.1) is 0 Å². The van der Waals surface area contributed by atoms with Gasteiger partial charge in [-0.2, -0.15) is 4.98 Å². The third-order valence-electron chi connectivity index (χ3n) is 3.05. The first-order valence-electron chi connectivity index (χ1n) is 6.44. The molecule has 4 nitrogen and oxygen atoms in total. The SMILES string of the molecule is OC(Cc1nc(-c2ccccc2)no1)c1ccccc1. The molecule has 0 radical (unpaired) electrons. The minimum absolute atomic E-state index is 0.309. The molecule has 0 fully saturated rings. The summed E-state index contributed by atoms with van der Waals surface area (Å²) in [5.41, 5.74) is 1.74. The van der Waals surface area contributed by atoms with E-state index in [0.29, 0.717) is 18.1 Å². The van der Waals surface area contributed by atoms with Gasteiger partial charge in [-0.1, -0.05) is 65.8 Å². The van der Waals surface area contributed by atoms with Gasteiger partial charge in [0, 0.05) is 5.56 Å². The molecule has 4 heteroatoms. The Morgan fingerprint density at radius 1 is 0.950 bits per heavy atom. The molecule has 2 aromatic carbocycles. The van der Waals surface area contributed by atoms with Gasteiger partial charge in [0.25, 0.3) is 0 Å². The lowest BCUT2D eigenvalue weighted by Gasteiger charge is -2.07. The van der Waals surface area contributed by atoms with Crippen molar-refractivity contribution in [1.82, 2.24) is 10.1 Å². The Bertz CT molecular complexity index is 665. The molecule has 0 aliphatic carbocycles. The lowest BCUT2D eigenvalue weighted by molar-refractivity contribution is 0.165. The quantitative estimate of drug-likeness (QED) is 0.788. The highest BCUT2D eigenvalue weighted by Crippen LogP contribution is 2.20. The molecule has 0 saturated carbocycles. The first-order chi connectivity index (χ1) is 9.83. The largest absolute Gasteiger partial charge is 0.388 e. The lowest BCUT2D eigenvalue weighted by Crippen LogP contribution is -2.01. The Morgan fingerprint density at radius 2 is 1.60 bits per heavy atom. The zero-order valence-corrected chi connectivity index (χ0v) is 10.8. The van der Waals surface area contributed by atoms with Crippen molar-refractivity contribution in [3.05, 3.63) is 72.1 Å². The number of aromatic nitrogens is 2. The Kier molecular flexibility index (Phi) is 3.56. The first-order valence-corrected chi connectivity index (χ1v) is 6.44. The van der Waals surface area contributed by atoms with Crippen molar-refractivity contribution in [2.45, 2.75) is 12.5 Å². The van der Waals surface area contributed by atoms with Gasteiger partial charge in [-0.25, -0.2) is 0 Å². The van der Waals surface area contributed by atoms with Crippen LogP contribution in [-0.4, -0.2) is 15.2 Å². The standard InChI is InChI=1S/C16H14N2O2/c19-14(12-7-3-1-4-8-12)11-15-17-16(18-20-15)13-9-5-2-6-10-13/h1-10,14,19H,11H2. The van der Waals surface area contributed by atoms with Crippen LogP contribution in [0.3, 0.4) is 0 Å². The molecule has 0 spiro atoms. The highest BCUT2D eigenvalue weighted by molar-refractivity contribution is 5.53. The van der Waals surface area contributed by atoms with E-state index in [-0.39, 0.29) is 0 Å². The second-order valence-electron chi connectivity index (χ2n) is 4.51. The molecule has 1 heterocycles. The Morgan fingerprint density at radius 3 is 2.30 bits per heavy atom. The number of nitrogens with zero attached hydrogens (tertiary/aromatic N) is 2. The zero-order chi connectivity index (χ0) is 13.8. The van der Waals surface area contributed by atoms with E-state index >= 15 is 0 Å². The van der Waals surface area contributed by atoms with Crippen LogP contribution >= 0.6 is 0 Å². The van der Waals surface area contributed by atoms with Crippen LogP contribution in [0.15, 0.2) is 65.2 Å². The minimum atomic E-state index is -0.639. The van der Waals surface area contributed by atoms with Gasteiger partial charge < -0.3 is 9.63 Å². The topological polar surface area (TPSA) is 59.2 Å². The van der Waals surface area contributed by atoms with Gasteiger partial charge in [0.05, 0.1) is 12.5 Å². The molecule has 20 heavy (non-hydrogen) atoms. The van der Waals surface area contributed by atoms with Crippen LogP contribution in [0.1, 0.15) is 17.6 Å². The van der Waals surface area contributed by atoms with E-state index in [4.69, 9.17) is 4.52 Å². The van der Waals surface area contributed by atoms with Gasteiger partial charge in [-0.15, -0.1) is 0 Å². The van der Waals surface area contributed by atoms with E-state index in [2.05, 4.69) is 10.1 Å². The fourth-order valence-electron chi connectivity index (χ4n) is 2.00. The second kappa shape index (κ2) is 5.67. The lowest BCUT2D eigenvalue weighted by atomic mass is 10.1. The zero-order valence-electron chi connectivity index (χ0n) is 10.8. The van der Waals surface area contributed by atoms with Crippen molar-refractivity contribution in [2.24, 2.45) is 0 Å². The molecule has 100 valence electrons. The number of hydrogen-bond acceptors (Lipinski definition) is 4. The van der Waals surface area contributed by atoms with Crippen LogP contribution < -0.4 is 0 Å². The van der Waals surface area contributed by atoms with Crippen molar-refractivity contribution in [1.29, 1.82) is 0 Å². The number of aliphatic hydroxyl groups is 1. The molecular weight excluding hydrogens is 252 g/mol. The highest BCUT2D eigenvalue weighted by atomic mass is 16.5. The number of benzene rings is 2. The summed E-state index contributed by atoms with van der Waals surface area (Å²) in [7, 11) is 0. The molecule has 0 aliphatic rings. The van der Waals surface area contributed by atoms with Crippen LogP contribution in [0.2, 0.25) is 0 Å². The molecular formula is C16H14N2O2. The maximum absolute atomic E-state index is 10.1. The van der Waals surface area contributed by atoms with Crippen molar-refractivity contribution >= 4 is 0 Å². The monoisotopic (exact) mass is 266 g/mol. The van der Waals surface area contributed by atoms with Gasteiger partial charge in [0.15, 0.2) is 0 Å². The summed E-state index contributed by atoms with van der Waals surface area (Å²) in [6.45, 7) is 0.